The Morgan fingerprint density at radius 3 is 2.46 bits per heavy atom. The number of rotatable bonds is 11. The van der Waals surface area contributed by atoms with Crippen LogP contribution in [0.5, 0.6) is 0 Å². The van der Waals surface area contributed by atoms with Crippen LogP contribution in [0.25, 0.3) is 0 Å². The van der Waals surface area contributed by atoms with E-state index in [1.54, 1.807) is 53.7 Å². The SMILES string of the molecule is COCCCN(CC(=O)N(Cc1ccc(F)cc1)Cc1cccs1)C(=O)Nc1ccc(Cl)c(Cl)c1. The van der Waals surface area contributed by atoms with Gasteiger partial charge in [-0.2, -0.15) is 0 Å². The van der Waals surface area contributed by atoms with Crippen molar-refractivity contribution in [2.24, 2.45) is 0 Å². The normalized spacial score (nSPS) is 10.7. The third-order valence-electron chi connectivity index (χ3n) is 5.13. The highest BCUT2D eigenvalue weighted by molar-refractivity contribution is 7.09. The van der Waals surface area contributed by atoms with Crippen molar-refractivity contribution in [2.75, 3.05) is 32.1 Å². The lowest BCUT2D eigenvalue weighted by Gasteiger charge is -2.28. The van der Waals surface area contributed by atoms with Crippen LogP contribution in [0.4, 0.5) is 14.9 Å². The van der Waals surface area contributed by atoms with E-state index < -0.39 is 6.03 Å². The fraction of sp³-hybridized carbons (Fsp3) is 0.280. The number of halogens is 3. The summed E-state index contributed by atoms with van der Waals surface area (Å²) >= 11 is 13.6. The van der Waals surface area contributed by atoms with Crippen LogP contribution in [0.2, 0.25) is 10.0 Å². The summed E-state index contributed by atoms with van der Waals surface area (Å²) < 4.78 is 18.5. The zero-order chi connectivity index (χ0) is 25.2. The molecule has 10 heteroatoms. The molecule has 0 saturated heterocycles. The number of benzene rings is 2. The number of urea groups is 1. The number of anilines is 1. The van der Waals surface area contributed by atoms with E-state index >= 15 is 0 Å². The number of hydrogen-bond acceptors (Lipinski definition) is 4. The zero-order valence-electron chi connectivity index (χ0n) is 19.2. The second-order valence-electron chi connectivity index (χ2n) is 7.78. The number of nitrogens with one attached hydrogen (secondary N) is 1. The zero-order valence-corrected chi connectivity index (χ0v) is 21.5. The summed E-state index contributed by atoms with van der Waals surface area (Å²) in [5, 5.41) is 5.41. The van der Waals surface area contributed by atoms with E-state index in [0.717, 1.165) is 10.4 Å². The van der Waals surface area contributed by atoms with Crippen molar-refractivity contribution in [1.82, 2.24) is 9.80 Å². The predicted octanol–water partition coefficient (Wildman–Crippen LogP) is 6.29. The Balaban J connectivity index is 1.75. The molecule has 0 aliphatic rings. The number of hydrogen-bond donors (Lipinski definition) is 1. The van der Waals surface area contributed by atoms with Crippen molar-refractivity contribution in [3.63, 3.8) is 0 Å². The topological polar surface area (TPSA) is 61.9 Å². The van der Waals surface area contributed by atoms with Gasteiger partial charge < -0.3 is 19.9 Å². The molecular weight excluding hydrogens is 512 g/mol. The van der Waals surface area contributed by atoms with E-state index in [2.05, 4.69) is 5.32 Å². The Labute approximate surface area is 218 Å². The Kier molecular flexibility index (Phi) is 10.3. The number of carbonyl (C=O) groups is 2. The predicted molar refractivity (Wildman–Crippen MR) is 139 cm³/mol. The minimum absolute atomic E-state index is 0.135. The quantitative estimate of drug-likeness (QED) is 0.292. The smallest absolute Gasteiger partial charge is 0.322 e. The molecule has 3 amide bonds. The van der Waals surface area contributed by atoms with E-state index in [0.29, 0.717) is 41.8 Å². The molecule has 0 radical (unpaired) electrons. The van der Waals surface area contributed by atoms with E-state index in [1.165, 1.54) is 17.0 Å². The average Bonchev–Trinajstić information content (AvgIpc) is 3.35. The molecule has 35 heavy (non-hydrogen) atoms. The minimum atomic E-state index is -0.439. The van der Waals surface area contributed by atoms with Crippen LogP contribution in [0.15, 0.2) is 60.0 Å². The van der Waals surface area contributed by atoms with Gasteiger partial charge in [0, 0.05) is 37.4 Å². The van der Waals surface area contributed by atoms with Crippen molar-refractivity contribution in [3.05, 3.63) is 86.3 Å². The first-order chi connectivity index (χ1) is 16.9. The molecule has 0 unspecified atom stereocenters. The third-order valence-corrected chi connectivity index (χ3v) is 6.73. The van der Waals surface area contributed by atoms with Gasteiger partial charge in [0.2, 0.25) is 5.91 Å². The van der Waals surface area contributed by atoms with E-state index in [1.807, 2.05) is 17.5 Å². The highest BCUT2D eigenvalue weighted by atomic mass is 35.5. The molecule has 0 fully saturated rings. The van der Waals surface area contributed by atoms with Gasteiger partial charge in [-0.15, -0.1) is 11.3 Å². The molecule has 3 aromatic rings. The molecule has 0 aliphatic carbocycles. The lowest BCUT2D eigenvalue weighted by molar-refractivity contribution is -0.133. The number of carbonyl (C=O) groups excluding carboxylic acids is 2. The first-order valence-corrected chi connectivity index (χ1v) is 12.5. The standard InChI is InChI=1S/C25H26Cl2FN3O3S/c1-34-12-3-11-30(25(33)29-20-9-10-22(26)23(27)14-20)17-24(32)31(16-21-4-2-13-35-21)15-18-5-7-19(28)8-6-18/h2,4-10,13-14H,3,11-12,15-17H2,1H3,(H,29,33). The first kappa shape index (κ1) is 26.9. The van der Waals surface area contributed by atoms with Crippen molar-refractivity contribution in [1.29, 1.82) is 0 Å². The van der Waals surface area contributed by atoms with E-state index in [4.69, 9.17) is 27.9 Å². The monoisotopic (exact) mass is 537 g/mol. The average molecular weight is 538 g/mol. The fourth-order valence-corrected chi connectivity index (χ4v) is 4.34. The molecule has 2 aromatic carbocycles. The Morgan fingerprint density at radius 1 is 1.03 bits per heavy atom. The van der Waals surface area contributed by atoms with Gasteiger partial charge in [0.15, 0.2) is 0 Å². The number of nitrogens with zero attached hydrogens (tertiary/aromatic N) is 2. The lowest BCUT2D eigenvalue weighted by atomic mass is 10.2. The van der Waals surface area contributed by atoms with Crippen LogP contribution in [0.1, 0.15) is 16.9 Å². The van der Waals surface area contributed by atoms with Crippen LogP contribution in [0, 0.1) is 5.82 Å². The number of thiophene rings is 1. The lowest BCUT2D eigenvalue weighted by Crippen LogP contribution is -2.44. The van der Waals surface area contributed by atoms with Crippen LogP contribution < -0.4 is 5.32 Å². The Bertz CT molecular complexity index is 1110. The second-order valence-corrected chi connectivity index (χ2v) is 9.63. The summed E-state index contributed by atoms with van der Waals surface area (Å²) in [4.78, 5) is 30.6. The van der Waals surface area contributed by atoms with Gasteiger partial charge in [0.1, 0.15) is 12.4 Å². The van der Waals surface area contributed by atoms with E-state index in [-0.39, 0.29) is 24.8 Å². The van der Waals surface area contributed by atoms with Gasteiger partial charge in [0.25, 0.3) is 0 Å². The summed E-state index contributed by atoms with van der Waals surface area (Å²) in [6.45, 7) is 1.30. The van der Waals surface area contributed by atoms with E-state index in [9.17, 15) is 14.0 Å². The van der Waals surface area contributed by atoms with Gasteiger partial charge in [-0.05, 0) is 53.8 Å². The molecule has 186 valence electrons. The highest BCUT2D eigenvalue weighted by Gasteiger charge is 2.22. The number of methoxy groups -OCH3 is 1. The van der Waals surface area contributed by atoms with Crippen LogP contribution in [0.3, 0.4) is 0 Å². The summed E-state index contributed by atoms with van der Waals surface area (Å²) in [5.41, 5.74) is 1.26. The molecule has 3 rings (SSSR count). The second kappa shape index (κ2) is 13.4. The van der Waals surface area contributed by atoms with Gasteiger partial charge in [0.05, 0.1) is 16.6 Å². The molecule has 0 aliphatic heterocycles. The largest absolute Gasteiger partial charge is 0.385 e. The molecule has 6 nitrogen and oxygen atoms in total. The van der Waals surface area contributed by atoms with Crippen LogP contribution in [-0.4, -0.2) is 48.5 Å². The maximum Gasteiger partial charge on any atom is 0.322 e. The summed E-state index contributed by atoms with van der Waals surface area (Å²) in [6.07, 6.45) is 0.557. The fourth-order valence-electron chi connectivity index (χ4n) is 3.32. The van der Waals surface area contributed by atoms with Gasteiger partial charge in [-0.3, -0.25) is 4.79 Å². The molecule has 0 bridgehead atoms. The van der Waals surface area contributed by atoms with Gasteiger partial charge in [-0.1, -0.05) is 41.4 Å². The number of ether oxygens (including phenoxy) is 1. The summed E-state index contributed by atoms with van der Waals surface area (Å²) in [5.74, 6) is -0.572. The maximum absolute atomic E-state index is 13.4. The van der Waals surface area contributed by atoms with Gasteiger partial charge in [-0.25, -0.2) is 9.18 Å². The molecule has 1 heterocycles. The molecule has 0 atom stereocenters. The van der Waals surface area contributed by atoms with Crippen molar-refractivity contribution < 1.29 is 18.7 Å². The molecule has 1 N–H and O–H groups in total. The van der Waals surface area contributed by atoms with Crippen molar-refractivity contribution in [2.45, 2.75) is 19.5 Å². The maximum atomic E-state index is 13.4. The number of amides is 3. The Morgan fingerprint density at radius 2 is 1.80 bits per heavy atom. The van der Waals surface area contributed by atoms with Crippen LogP contribution >= 0.6 is 34.5 Å². The Hall–Kier alpha value is -2.65. The van der Waals surface area contributed by atoms with Crippen molar-refractivity contribution in [3.8, 4) is 0 Å². The summed E-state index contributed by atoms with van der Waals surface area (Å²) in [6, 6.07) is 14.2. The minimum Gasteiger partial charge on any atom is -0.385 e. The molecule has 1 aromatic heterocycles. The first-order valence-electron chi connectivity index (χ1n) is 10.9. The van der Waals surface area contributed by atoms with Gasteiger partial charge >= 0.3 is 6.03 Å². The summed E-state index contributed by atoms with van der Waals surface area (Å²) in [7, 11) is 1.58. The third kappa shape index (κ3) is 8.50. The molecule has 0 spiro atoms. The van der Waals surface area contributed by atoms with Crippen LogP contribution in [-0.2, 0) is 22.6 Å². The highest BCUT2D eigenvalue weighted by Crippen LogP contribution is 2.25. The van der Waals surface area contributed by atoms with Crippen molar-refractivity contribution >= 4 is 52.2 Å². The molecule has 0 saturated carbocycles. The molecular formula is C25H26Cl2FN3O3S.